The molecule has 2 nitrogen and oxygen atoms in total. The van der Waals surface area contributed by atoms with Crippen molar-refractivity contribution in [3.05, 3.63) is 0 Å². The van der Waals surface area contributed by atoms with Gasteiger partial charge in [-0.1, -0.05) is 20.8 Å². The van der Waals surface area contributed by atoms with Crippen molar-refractivity contribution in [1.82, 2.24) is 0 Å². The molecule has 0 aromatic rings. The Labute approximate surface area is 66.9 Å². The summed E-state index contributed by atoms with van der Waals surface area (Å²) in [5.74, 6) is 0.778. The van der Waals surface area contributed by atoms with Crippen LogP contribution in [0.3, 0.4) is 0 Å². The Hall–Kier alpha value is -0.370. The van der Waals surface area contributed by atoms with Crippen molar-refractivity contribution >= 4 is 5.78 Å². The van der Waals surface area contributed by atoms with E-state index in [9.17, 15) is 4.79 Å². The number of carbonyl (C=O) groups is 1. The molecule has 2 fully saturated rings. The molecule has 1 aliphatic heterocycles. The summed E-state index contributed by atoms with van der Waals surface area (Å²) in [7, 11) is 0. The third kappa shape index (κ3) is 0.853. The van der Waals surface area contributed by atoms with Gasteiger partial charge in [-0.3, -0.25) is 4.79 Å². The van der Waals surface area contributed by atoms with E-state index in [2.05, 4.69) is 20.8 Å². The average Bonchev–Trinajstić information content (AvgIpc) is 2.62. The Bertz CT molecular complexity index is 204. The van der Waals surface area contributed by atoms with Gasteiger partial charge in [0.25, 0.3) is 0 Å². The molecule has 2 aliphatic rings. The maximum atomic E-state index is 11.2. The molecule has 0 spiro atoms. The largest absolute Gasteiger partial charge is 0.361 e. The van der Waals surface area contributed by atoms with Gasteiger partial charge in [-0.2, -0.15) is 0 Å². The van der Waals surface area contributed by atoms with Crippen molar-refractivity contribution in [2.75, 3.05) is 0 Å². The number of epoxide rings is 1. The molecule has 0 bridgehead atoms. The minimum atomic E-state index is -0.0406. The third-order valence-electron chi connectivity index (χ3n) is 3.32. The fraction of sp³-hybridized carbons (Fsp3) is 0.889. The van der Waals surface area contributed by atoms with E-state index in [1.807, 2.05) is 0 Å². The summed E-state index contributed by atoms with van der Waals surface area (Å²) in [6.45, 7) is 6.51. The molecular formula is C9H14O2. The van der Waals surface area contributed by atoms with Crippen molar-refractivity contribution in [2.45, 2.75) is 39.4 Å². The van der Waals surface area contributed by atoms with E-state index in [1.54, 1.807) is 0 Å². The van der Waals surface area contributed by atoms with Gasteiger partial charge in [0.15, 0.2) is 5.78 Å². The number of rotatable bonds is 0. The van der Waals surface area contributed by atoms with Crippen LogP contribution in [0, 0.1) is 11.3 Å². The van der Waals surface area contributed by atoms with E-state index in [1.165, 1.54) is 0 Å². The number of Topliss-reactive ketones (excluding diaryl/α,β-unsaturated/α-hetero) is 1. The Morgan fingerprint density at radius 2 is 2.18 bits per heavy atom. The van der Waals surface area contributed by atoms with Crippen LogP contribution in [-0.4, -0.2) is 18.0 Å². The van der Waals surface area contributed by atoms with Gasteiger partial charge in [-0.15, -0.1) is 0 Å². The molecular weight excluding hydrogens is 140 g/mol. The van der Waals surface area contributed by atoms with Gasteiger partial charge in [0.2, 0.25) is 0 Å². The van der Waals surface area contributed by atoms with Crippen molar-refractivity contribution in [2.24, 2.45) is 11.3 Å². The van der Waals surface area contributed by atoms with Crippen LogP contribution in [0.5, 0.6) is 0 Å². The van der Waals surface area contributed by atoms with Crippen LogP contribution >= 0.6 is 0 Å². The molecule has 0 unspecified atom stereocenters. The number of carbonyl (C=O) groups excluding carboxylic acids is 1. The number of hydrogen-bond donors (Lipinski definition) is 0. The maximum Gasteiger partial charge on any atom is 0.164 e. The normalized spacial score (nSPS) is 46.8. The summed E-state index contributed by atoms with van der Waals surface area (Å²) < 4.78 is 5.33. The first-order valence-corrected chi connectivity index (χ1v) is 4.21. The zero-order valence-corrected chi connectivity index (χ0v) is 7.26. The number of hydrogen-bond acceptors (Lipinski definition) is 2. The van der Waals surface area contributed by atoms with Crippen molar-refractivity contribution in [3.8, 4) is 0 Å². The van der Waals surface area contributed by atoms with Crippen LogP contribution < -0.4 is 0 Å². The quantitative estimate of drug-likeness (QED) is 0.493. The fourth-order valence-electron chi connectivity index (χ4n) is 1.88. The first kappa shape index (κ1) is 7.29. The second-order valence-corrected chi connectivity index (χ2v) is 4.37. The van der Waals surface area contributed by atoms with Gasteiger partial charge >= 0.3 is 0 Å². The highest BCUT2D eigenvalue weighted by Gasteiger charge is 2.59. The molecule has 0 aromatic carbocycles. The molecule has 62 valence electrons. The summed E-state index contributed by atoms with van der Waals surface area (Å²) in [6.07, 6.45) is 0.883. The summed E-state index contributed by atoms with van der Waals surface area (Å²) >= 11 is 0. The standard InChI is InChI=1S/C9H14O2/c1-5-4-6(10)7-8(11-7)9(5,2)3/h5,7-8H,4H2,1-3H3/t5-,7-,8-/m0/s1. The minimum absolute atomic E-state index is 0.0406. The molecule has 0 aromatic heterocycles. The Balaban J connectivity index is 2.22. The molecule has 0 amide bonds. The maximum absolute atomic E-state index is 11.2. The molecule has 3 atom stereocenters. The molecule has 1 aliphatic carbocycles. The molecule has 0 N–H and O–H groups in total. The lowest BCUT2D eigenvalue weighted by Crippen LogP contribution is -2.37. The van der Waals surface area contributed by atoms with E-state index < -0.39 is 0 Å². The van der Waals surface area contributed by atoms with E-state index in [4.69, 9.17) is 4.74 Å². The lowest BCUT2D eigenvalue weighted by atomic mass is 9.69. The average molecular weight is 154 g/mol. The van der Waals surface area contributed by atoms with Crippen molar-refractivity contribution < 1.29 is 9.53 Å². The van der Waals surface area contributed by atoms with Gasteiger partial charge in [-0.25, -0.2) is 0 Å². The summed E-state index contributed by atoms with van der Waals surface area (Å²) in [4.78, 5) is 11.2. The minimum Gasteiger partial charge on any atom is -0.361 e. The van der Waals surface area contributed by atoms with Gasteiger partial charge < -0.3 is 4.74 Å². The van der Waals surface area contributed by atoms with Gasteiger partial charge in [0.1, 0.15) is 6.10 Å². The smallest absolute Gasteiger partial charge is 0.164 e. The summed E-state index contributed by atoms with van der Waals surface area (Å²) in [5, 5.41) is 0. The fourth-order valence-corrected chi connectivity index (χ4v) is 1.88. The second kappa shape index (κ2) is 1.86. The van der Waals surface area contributed by atoms with Crippen LogP contribution in [0.15, 0.2) is 0 Å². The highest BCUT2D eigenvalue weighted by atomic mass is 16.6. The molecule has 1 saturated heterocycles. The second-order valence-electron chi connectivity index (χ2n) is 4.37. The predicted molar refractivity (Wildman–Crippen MR) is 41.2 cm³/mol. The first-order valence-electron chi connectivity index (χ1n) is 4.21. The number of ether oxygens (including phenoxy) is 1. The summed E-state index contributed by atoms with van der Waals surface area (Å²) in [6, 6.07) is 0. The molecule has 1 saturated carbocycles. The molecule has 11 heavy (non-hydrogen) atoms. The zero-order chi connectivity index (χ0) is 8.22. The SMILES string of the molecule is C[C@H]1CC(=O)[C@@H]2O[C@@H]2C1(C)C. The van der Waals surface area contributed by atoms with E-state index in [-0.39, 0.29) is 17.6 Å². The highest BCUT2D eigenvalue weighted by molar-refractivity contribution is 5.87. The van der Waals surface area contributed by atoms with Gasteiger partial charge in [0, 0.05) is 6.42 Å². The Morgan fingerprint density at radius 1 is 1.55 bits per heavy atom. The van der Waals surface area contributed by atoms with Crippen LogP contribution in [-0.2, 0) is 9.53 Å². The zero-order valence-electron chi connectivity index (χ0n) is 7.26. The van der Waals surface area contributed by atoms with Crippen molar-refractivity contribution in [1.29, 1.82) is 0 Å². The highest BCUT2D eigenvalue weighted by Crippen LogP contribution is 2.49. The van der Waals surface area contributed by atoms with Crippen LogP contribution in [0.25, 0.3) is 0 Å². The van der Waals surface area contributed by atoms with Crippen LogP contribution in [0.1, 0.15) is 27.2 Å². The Kier molecular flexibility index (Phi) is 1.23. The topological polar surface area (TPSA) is 29.6 Å². The molecule has 0 radical (unpaired) electrons. The lowest BCUT2D eigenvalue weighted by Gasteiger charge is -2.32. The third-order valence-corrected chi connectivity index (χ3v) is 3.32. The van der Waals surface area contributed by atoms with E-state index in [0.29, 0.717) is 18.1 Å². The summed E-state index contributed by atoms with van der Waals surface area (Å²) in [5.41, 5.74) is 0.207. The number of fused-ring (bicyclic) bond motifs is 1. The van der Waals surface area contributed by atoms with Gasteiger partial charge in [0.05, 0.1) is 6.10 Å². The van der Waals surface area contributed by atoms with Crippen LogP contribution in [0.4, 0.5) is 0 Å². The van der Waals surface area contributed by atoms with E-state index >= 15 is 0 Å². The molecule has 2 heteroatoms. The molecule has 1 heterocycles. The van der Waals surface area contributed by atoms with Crippen LogP contribution in [0.2, 0.25) is 0 Å². The van der Waals surface area contributed by atoms with Gasteiger partial charge in [-0.05, 0) is 11.3 Å². The Morgan fingerprint density at radius 3 is 2.82 bits per heavy atom. The van der Waals surface area contributed by atoms with E-state index in [0.717, 1.165) is 0 Å². The lowest BCUT2D eigenvalue weighted by molar-refractivity contribution is -0.122. The molecule has 2 rings (SSSR count). The van der Waals surface area contributed by atoms with Crippen molar-refractivity contribution in [3.63, 3.8) is 0 Å². The monoisotopic (exact) mass is 154 g/mol. The first-order chi connectivity index (χ1) is 5.03. The predicted octanol–water partition coefficient (Wildman–Crippen LogP) is 1.39. The number of ketones is 1.